The fraction of sp³-hybridized carbons (Fsp3) is 0.444. The number of amides is 1. The average molecular weight is 343 g/mol. The van der Waals surface area contributed by atoms with Crippen molar-refractivity contribution in [1.82, 2.24) is 14.7 Å². The van der Waals surface area contributed by atoms with Gasteiger partial charge in [-0.15, -0.1) is 0 Å². The standard InChI is InChI=1S/C18H21N3O4/c1-23-15-8-12-4-6-20(11-13(12)9-16(15)24-2)18(22)14-10-17-21(19-14)5-3-7-25-17/h8-10H,3-7,11H2,1-2H3. The van der Waals surface area contributed by atoms with E-state index >= 15 is 0 Å². The number of aromatic nitrogens is 2. The molecule has 1 aromatic carbocycles. The number of methoxy groups -OCH3 is 2. The highest BCUT2D eigenvalue weighted by molar-refractivity contribution is 5.92. The molecule has 0 fully saturated rings. The van der Waals surface area contributed by atoms with E-state index in [4.69, 9.17) is 14.2 Å². The number of rotatable bonds is 3. The molecule has 4 rings (SSSR count). The lowest BCUT2D eigenvalue weighted by Gasteiger charge is -2.29. The average Bonchev–Trinajstić information content (AvgIpc) is 3.10. The van der Waals surface area contributed by atoms with Crippen LogP contribution in [0.1, 0.15) is 28.0 Å². The van der Waals surface area contributed by atoms with Gasteiger partial charge in [0.25, 0.3) is 5.91 Å². The molecule has 2 aromatic rings. The van der Waals surface area contributed by atoms with Crippen molar-refractivity contribution in [3.63, 3.8) is 0 Å². The Morgan fingerprint density at radius 2 is 1.88 bits per heavy atom. The summed E-state index contributed by atoms with van der Waals surface area (Å²) in [6.45, 7) is 2.67. The zero-order valence-corrected chi connectivity index (χ0v) is 14.4. The van der Waals surface area contributed by atoms with Crippen molar-refractivity contribution in [1.29, 1.82) is 0 Å². The van der Waals surface area contributed by atoms with Crippen molar-refractivity contribution < 1.29 is 19.0 Å². The predicted octanol–water partition coefficient (Wildman–Crippen LogP) is 1.88. The second-order valence-electron chi connectivity index (χ2n) is 6.25. The summed E-state index contributed by atoms with van der Waals surface area (Å²) in [6, 6.07) is 5.69. The van der Waals surface area contributed by atoms with Gasteiger partial charge in [-0.05, 0) is 29.7 Å². The molecule has 0 N–H and O–H groups in total. The summed E-state index contributed by atoms with van der Waals surface area (Å²) < 4.78 is 18.1. The van der Waals surface area contributed by atoms with E-state index in [0.717, 1.165) is 30.7 Å². The Labute approximate surface area is 146 Å². The van der Waals surface area contributed by atoms with Crippen molar-refractivity contribution in [3.05, 3.63) is 35.0 Å². The largest absolute Gasteiger partial charge is 0.493 e. The van der Waals surface area contributed by atoms with Gasteiger partial charge < -0.3 is 19.1 Å². The van der Waals surface area contributed by atoms with Gasteiger partial charge in [0.2, 0.25) is 5.88 Å². The monoisotopic (exact) mass is 343 g/mol. The van der Waals surface area contributed by atoms with Crippen LogP contribution in [0.5, 0.6) is 17.4 Å². The van der Waals surface area contributed by atoms with Crippen molar-refractivity contribution in [3.8, 4) is 17.4 Å². The van der Waals surface area contributed by atoms with Gasteiger partial charge in [0, 0.05) is 32.1 Å². The van der Waals surface area contributed by atoms with E-state index in [2.05, 4.69) is 5.10 Å². The molecule has 1 amide bonds. The quantitative estimate of drug-likeness (QED) is 0.851. The number of nitrogens with zero attached hydrogens (tertiary/aromatic N) is 3. The minimum atomic E-state index is -0.0639. The van der Waals surface area contributed by atoms with Crippen LogP contribution in [0.3, 0.4) is 0 Å². The summed E-state index contributed by atoms with van der Waals surface area (Å²) in [4.78, 5) is 14.7. The summed E-state index contributed by atoms with van der Waals surface area (Å²) in [5.74, 6) is 2.02. The third-order valence-corrected chi connectivity index (χ3v) is 4.73. The zero-order valence-electron chi connectivity index (χ0n) is 14.4. The highest BCUT2D eigenvalue weighted by Crippen LogP contribution is 2.33. The zero-order chi connectivity index (χ0) is 17.4. The Hall–Kier alpha value is -2.70. The van der Waals surface area contributed by atoms with Crippen LogP contribution >= 0.6 is 0 Å². The molecule has 7 nitrogen and oxygen atoms in total. The lowest BCUT2D eigenvalue weighted by atomic mass is 9.98. The van der Waals surface area contributed by atoms with Crippen LogP contribution in [0.15, 0.2) is 18.2 Å². The summed E-state index contributed by atoms with van der Waals surface area (Å²) in [7, 11) is 3.25. The van der Waals surface area contributed by atoms with Gasteiger partial charge >= 0.3 is 0 Å². The highest BCUT2D eigenvalue weighted by Gasteiger charge is 2.26. The molecule has 25 heavy (non-hydrogen) atoms. The van der Waals surface area contributed by atoms with E-state index in [-0.39, 0.29) is 5.91 Å². The van der Waals surface area contributed by atoms with Gasteiger partial charge in [-0.3, -0.25) is 4.79 Å². The van der Waals surface area contributed by atoms with E-state index in [1.807, 2.05) is 17.0 Å². The van der Waals surface area contributed by atoms with Crippen LogP contribution in [-0.4, -0.2) is 48.0 Å². The maximum absolute atomic E-state index is 12.8. The fourth-order valence-electron chi connectivity index (χ4n) is 3.39. The summed E-state index contributed by atoms with van der Waals surface area (Å²) in [5, 5.41) is 4.40. The van der Waals surface area contributed by atoms with Gasteiger partial charge in [0.05, 0.1) is 20.8 Å². The molecule has 0 radical (unpaired) electrons. The third-order valence-electron chi connectivity index (χ3n) is 4.73. The van der Waals surface area contributed by atoms with Crippen molar-refractivity contribution in [2.75, 3.05) is 27.4 Å². The van der Waals surface area contributed by atoms with Crippen LogP contribution < -0.4 is 14.2 Å². The minimum Gasteiger partial charge on any atom is -0.493 e. The Morgan fingerprint density at radius 3 is 2.60 bits per heavy atom. The molecule has 0 unspecified atom stereocenters. The SMILES string of the molecule is COc1cc2c(cc1OC)CN(C(=O)c1cc3n(n1)CCCO3)CC2. The van der Waals surface area contributed by atoms with E-state index in [0.29, 0.717) is 37.0 Å². The first-order valence-corrected chi connectivity index (χ1v) is 8.43. The van der Waals surface area contributed by atoms with Gasteiger partial charge in [-0.25, -0.2) is 4.68 Å². The Morgan fingerprint density at radius 1 is 1.12 bits per heavy atom. The molecule has 0 spiro atoms. The van der Waals surface area contributed by atoms with Crippen LogP contribution in [0.2, 0.25) is 0 Å². The van der Waals surface area contributed by atoms with E-state index in [1.54, 1.807) is 25.0 Å². The van der Waals surface area contributed by atoms with Crippen molar-refractivity contribution in [2.24, 2.45) is 0 Å². The smallest absolute Gasteiger partial charge is 0.274 e. The molecule has 0 atom stereocenters. The normalized spacial score (nSPS) is 15.8. The fourth-order valence-corrected chi connectivity index (χ4v) is 3.39. The number of carbonyl (C=O) groups excluding carboxylic acids is 1. The number of carbonyl (C=O) groups is 1. The van der Waals surface area contributed by atoms with Gasteiger partial charge in [-0.1, -0.05) is 0 Å². The topological polar surface area (TPSA) is 65.8 Å². The summed E-state index contributed by atoms with van der Waals surface area (Å²) in [5.41, 5.74) is 2.72. The maximum Gasteiger partial charge on any atom is 0.274 e. The van der Waals surface area contributed by atoms with E-state index in [9.17, 15) is 4.79 Å². The third kappa shape index (κ3) is 2.79. The number of ether oxygens (including phenoxy) is 3. The highest BCUT2D eigenvalue weighted by atomic mass is 16.5. The van der Waals surface area contributed by atoms with Gasteiger partial charge in [0.15, 0.2) is 17.2 Å². The molecule has 0 bridgehead atoms. The van der Waals surface area contributed by atoms with Crippen molar-refractivity contribution in [2.45, 2.75) is 25.9 Å². The lowest BCUT2D eigenvalue weighted by molar-refractivity contribution is 0.0727. The Kier molecular flexibility index (Phi) is 3.99. The molecule has 1 aromatic heterocycles. The van der Waals surface area contributed by atoms with Gasteiger partial charge in [-0.2, -0.15) is 5.10 Å². The number of hydrogen-bond acceptors (Lipinski definition) is 5. The predicted molar refractivity (Wildman–Crippen MR) is 90.3 cm³/mol. The van der Waals surface area contributed by atoms with E-state index < -0.39 is 0 Å². The maximum atomic E-state index is 12.8. The van der Waals surface area contributed by atoms with Crippen LogP contribution in [0.25, 0.3) is 0 Å². The summed E-state index contributed by atoms with van der Waals surface area (Å²) >= 11 is 0. The molecule has 0 saturated heterocycles. The van der Waals surface area contributed by atoms with E-state index in [1.165, 1.54) is 5.56 Å². The molecule has 2 aliphatic heterocycles. The number of hydrogen-bond donors (Lipinski definition) is 0. The first kappa shape index (κ1) is 15.8. The van der Waals surface area contributed by atoms with Crippen LogP contribution in [-0.2, 0) is 19.5 Å². The molecule has 132 valence electrons. The molecular weight excluding hydrogens is 322 g/mol. The summed E-state index contributed by atoms with van der Waals surface area (Å²) in [6.07, 6.45) is 1.70. The number of benzene rings is 1. The van der Waals surface area contributed by atoms with Gasteiger partial charge in [0.1, 0.15) is 0 Å². The molecule has 0 aliphatic carbocycles. The molecule has 7 heteroatoms. The Bertz CT molecular complexity index is 791. The molecule has 0 saturated carbocycles. The second kappa shape index (κ2) is 6.31. The first-order chi connectivity index (χ1) is 12.2. The molecule has 2 aliphatic rings. The number of fused-ring (bicyclic) bond motifs is 2. The second-order valence-corrected chi connectivity index (χ2v) is 6.25. The minimum absolute atomic E-state index is 0.0639. The van der Waals surface area contributed by atoms with Crippen LogP contribution in [0.4, 0.5) is 0 Å². The lowest BCUT2D eigenvalue weighted by Crippen LogP contribution is -2.36. The van der Waals surface area contributed by atoms with Crippen LogP contribution in [0, 0.1) is 0 Å². The van der Waals surface area contributed by atoms with Crippen molar-refractivity contribution >= 4 is 5.91 Å². The molecule has 3 heterocycles. The first-order valence-electron chi connectivity index (χ1n) is 8.43. The Balaban J connectivity index is 1.57. The number of aryl methyl sites for hydroxylation is 1. The molecular formula is C18H21N3O4.